The van der Waals surface area contributed by atoms with Crippen LogP contribution in [0.15, 0.2) is 72.8 Å². The molecule has 3 aromatic rings. The van der Waals surface area contributed by atoms with Crippen LogP contribution >= 0.6 is 0 Å². The minimum atomic E-state index is -1.01. The molecule has 1 aliphatic carbocycles. The molecule has 1 aliphatic rings. The van der Waals surface area contributed by atoms with Crippen molar-refractivity contribution in [3.05, 3.63) is 101 Å². The Kier molecular flexibility index (Phi) is 6.99. The minimum Gasteiger partial charge on any atom is -0.426 e. The van der Waals surface area contributed by atoms with Gasteiger partial charge in [0.05, 0.1) is 5.92 Å². The zero-order chi connectivity index (χ0) is 22.5. The van der Waals surface area contributed by atoms with Gasteiger partial charge in [-0.1, -0.05) is 61.5 Å². The van der Waals surface area contributed by atoms with Crippen LogP contribution in [0.25, 0.3) is 0 Å². The second kappa shape index (κ2) is 10.1. The summed E-state index contributed by atoms with van der Waals surface area (Å²) in [5.74, 6) is -1.58. The Morgan fingerprint density at radius 3 is 2.25 bits per heavy atom. The van der Waals surface area contributed by atoms with Crippen molar-refractivity contribution in [1.82, 2.24) is 0 Å². The molecule has 1 fully saturated rings. The summed E-state index contributed by atoms with van der Waals surface area (Å²) < 4.78 is 31.6. The highest BCUT2D eigenvalue weighted by atomic mass is 19.2. The smallest absolute Gasteiger partial charge is 0.314 e. The van der Waals surface area contributed by atoms with Crippen molar-refractivity contribution in [3.8, 4) is 5.75 Å². The lowest BCUT2D eigenvalue weighted by Gasteiger charge is -2.27. The monoisotopic (exact) mass is 434 g/mol. The molecule has 0 aromatic heterocycles. The number of rotatable bonds is 6. The molecule has 1 saturated carbocycles. The van der Waals surface area contributed by atoms with E-state index in [1.807, 2.05) is 6.07 Å². The first-order valence-electron chi connectivity index (χ1n) is 11.3. The van der Waals surface area contributed by atoms with E-state index < -0.39 is 11.6 Å². The van der Waals surface area contributed by atoms with Gasteiger partial charge in [0.1, 0.15) is 5.75 Å². The summed E-state index contributed by atoms with van der Waals surface area (Å²) in [6.45, 7) is 2.25. The normalized spacial score (nSPS) is 19.3. The van der Waals surface area contributed by atoms with Crippen molar-refractivity contribution < 1.29 is 18.3 Å². The quantitative estimate of drug-likeness (QED) is 0.303. The highest BCUT2D eigenvalue weighted by molar-refractivity contribution is 5.75. The van der Waals surface area contributed by atoms with Crippen molar-refractivity contribution in [3.63, 3.8) is 0 Å². The Morgan fingerprint density at radius 1 is 0.906 bits per heavy atom. The molecular weight excluding hydrogens is 406 g/mol. The molecule has 0 amide bonds. The molecule has 0 saturated heterocycles. The zero-order valence-electron chi connectivity index (χ0n) is 18.3. The fraction of sp³-hybridized carbons (Fsp3) is 0.321. The molecule has 0 N–H and O–H groups in total. The highest BCUT2D eigenvalue weighted by Gasteiger charge is 2.28. The zero-order valence-corrected chi connectivity index (χ0v) is 18.3. The number of ether oxygens (including phenoxy) is 1. The van der Waals surface area contributed by atoms with E-state index in [-0.39, 0.29) is 17.6 Å². The molecule has 2 nitrogen and oxygen atoms in total. The lowest BCUT2D eigenvalue weighted by Crippen LogP contribution is -2.25. The van der Waals surface area contributed by atoms with E-state index in [1.54, 1.807) is 0 Å². The van der Waals surface area contributed by atoms with Crippen molar-refractivity contribution in [2.75, 3.05) is 0 Å². The molecule has 0 radical (unpaired) electrons. The summed E-state index contributed by atoms with van der Waals surface area (Å²) in [7, 11) is 0. The Balaban J connectivity index is 1.29. The third-order valence-corrected chi connectivity index (χ3v) is 6.53. The minimum absolute atomic E-state index is 0.0522. The van der Waals surface area contributed by atoms with Crippen LogP contribution in [0.5, 0.6) is 5.75 Å². The van der Waals surface area contributed by atoms with Crippen LogP contribution in [0, 0.1) is 17.6 Å². The first-order valence-corrected chi connectivity index (χ1v) is 11.3. The summed E-state index contributed by atoms with van der Waals surface area (Å²) in [5.41, 5.74) is 3.99. The summed E-state index contributed by atoms with van der Waals surface area (Å²) in [6.07, 6.45) is 4.31. The predicted molar refractivity (Wildman–Crippen MR) is 122 cm³/mol. The van der Waals surface area contributed by atoms with Crippen molar-refractivity contribution in [2.24, 2.45) is 5.92 Å². The van der Waals surface area contributed by atoms with Crippen molar-refractivity contribution >= 4 is 5.97 Å². The predicted octanol–water partition coefficient (Wildman–Crippen LogP) is 7.19. The van der Waals surface area contributed by atoms with E-state index in [2.05, 4.69) is 55.5 Å². The number of benzene rings is 3. The van der Waals surface area contributed by atoms with Crippen molar-refractivity contribution in [1.29, 1.82) is 0 Å². The molecule has 32 heavy (non-hydrogen) atoms. The van der Waals surface area contributed by atoms with Gasteiger partial charge in [-0.15, -0.1) is 0 Å². The lowest BCUT2D eigenvalue weighted by atomic mass is 9.78. The van der Waals surface area contributed by atoms with Gasteiger partial charge in [0.15, 0.2) is 11.6 Å². The van der Waals surface area contributed by atoms with Crippen molar-refractivity contribution in [2.45, 2.75) is 50.9 Å². The summed E-state index contributed by atoms with van der Waals surface area (Å²) in [5, 5.41) is 0. The van der Waals surface area contributed by atoms with Gasteiger partial charge in [-0.3, -0.25) is 4.79 Å². The fourth-order valence-electron chi connectivity index (χ4n) is 4.58. The third kappa shape index (κ3) is 5.42. The van der Waals surface area contributed by atoms with Crippen LogP contribution in [0.4, 0.5) is 8.78 Å². The molecule has 0 unspecified atom stereocenters. The number of carbonyl (C=O) groups is 1. The molecule has 166 valence electrons. The summed E-state index contributed by atoms with van der Waals surface area (Å²) >= 11 is 0. The SMILES string of the molecule is C[C@@H](Cc1ccc(C2CCC(C(=O)Oc3ccc(F)c(F)c3)CC2)cc1)c1ccccc1. The van der Waals surface area contributed by atoms with Gasteiger partial charge >= 0.3 is 5.97 Å². The maximum atomic E-state index is 13.3. The Hall–Kier alpha value is -3.01. The first kappa shape index (κ1) is 22.2. The number of hydrogen-bond donors (Lipinski definition) is 0. The maximum absolute atomic E-state index is 13.3. The van der Waals surface area contributed by atoms with E-state index >= 15 is 0 Å². The average molecular weight is 435 g/mol. The van der Waals surface area contributed by atoms with Gasteiger partial charge < -0.3 is 4.74 Å². The van der Waals surface area contributed by atoms with E-state index in [4.69, 9.17) is 4.74 Å². The molecule has 3 aromatic carbocycles. The Morgan fingerprint density at radius 2 is 1.59 bits per heavy atom. The van der Waals surface area contributed by atoms with Gasteiger partial charge in [0.2, 0.25) is 0 Å². The second-order valence-corrected chi connectivity index (χ2v) is 8.80. The molecule has 4 heteroatoms. The standard InChI is InChI=1S/C28H28F2O2/c1-19(21-5-3-2-4-6-21)17-20-7-9-22(10-8-20)23-11-13-24(14-12-23)28(31)32-25-15-16-26(29)27(30)18-25/h2-10,15-16,18-19,23-24H,11-14,17H2,1H3/t19-,23?,24?/m0/s1. The Labute approximate surface area is 188 Å². The van der Waals surface area contributed by atoms with Crippen LogP contribution in [0.2, 0.25) is 0 Å². The lowest BCUT2D eigenvalue weighted by molar-refractivity contribution is -0.140. The molecule has 0 spiro atoms. The summed E-state index contributed by atoms with van der Waals surface area (Å²) in [4.78, 5) is 12.4. The van der Waals surface area contributed by atoms with Crippen LogP contribution in [0.1, 0.15) is 61.1 Å². The van der Waals surface area contributed by atoms with Crippen LogP contribution < -0.4 is 4.74 Å². The molecule has 0 aliphatic heterocycles. The van der Waals surface area contributed by atoms with Gasteiger partial charge in [-0.05, 0) is 72.8 Å². The van der Waals surface area contributed by atoms with Crippen LogP contribution in [0.3, 0.4) is 0 Å². The fourth-order valence-corrected chi connectivity index (χ4v) is 4.58. The maximum Gasteiger partial charge on any atom is 0.314 e. The Bertz CT molecular complexity index is 1040. The first-order chi connectivity index (χ1) is 15.5. The van der Waals surface area contributed by atoms with E-state index in [0.717, 1.165) is 44.2 Å². The number of esters is 1. The topological polar surface area (TPSA) is 26.3 Å². The highest BCUT2D eigenvalue weighted by Crippen LogP contribution is 2.37. The molecule has 4 rings (SSSR count). The van der Waals surface area contributed by atoms with Gasteiger partial charge in [-0.2, -0.15) is 0 Å². The third-order valence-electron chi connectivity index (χ3n) is 6.53. The van der Waals surface area contributed by atoms with E-state index in [9.17, 15) is 13.6 Å². The molecular formula is C28H28F2O2. The largest absolute Gasteiger partial charge is 0.426 e. The van der Waals surface area contributed by atoms with Gasteiger partial charge in [0.25, 0.3) is 0 Å². The van der Waals surface area contributed by atoms with Crippen LogP contribution in [-0.4, -0.2) is 5.97 Å². The second-order valence-electron chi connectivity index (χ2n) is 8.80. The average Bonchev–Trinajstić information content (AvgIpc) is 2.82. The number of halogens is 2. The van der Waals surface area contributed by atoms with E-state index in [0.29, 0.717) is 11.8 Å². The van der Waals surface area contributed by atoms with Gasteiger partial charge in [-0.25, -0.2) is 8.78 Å². The molecule has 0 bridgehead atoms. The molecule has 1 atom stereocenters. The number of carbonyl (C=O) groups excluding carboxylic acids is 1. The number of hydrogen-bond acceptors (Lipinski definition) is 2. The summed E-state index contributed by atoms with van der Waals surface area (Å²) in [6, 6.07) is 22.6. The molecule has 0 heterocycles. The van der Waals surface area contributed by atoms with Gasteiger partial charge in [0, 0.05) is 6.07 Å². The van der Waals surface area contributed by atoms with Crippen LogP contribution in [-0.2, 0) is 11.2 Å². The van der Waals surface area contributed by atoms with E-state index in [1.165, 1.54) is 22.8 Å².